The third-order valence-electron chi connectivity index (χ3n) is 6.48. The summed E-state index contributed by atoms with van der Waals surface area (Å²) >= 11 is 0. The van der Waals surface area contributed by atoms with E-state index in [-0.39, 0.29) is 52.5 Å². The van der Waals surface area contributed by atoms with Gasteiger partial charge in [0.1, 0.15) is 29.6 Å². The number of hydrogen-bond donors (Lipinski definition) is 0. The van der Waals surface area contributed by atoms with Crippen molar-refractivity contribution in [1.82, 2.24) is 0 Å². The third kappa shape index (κ3) is 15.3. The van der Waals surface area contributed by atoms with Crippen molar-refractivity contribution < 1.29 is 67.1 Å². The Kier molecular flexibility index (Phi) is 25.8. The van der Waals surface area contributed by atoms with Crippen molar-refractivity contribution in [3.05, 3.63) is 61.7 Å². The van der Waals surface area contributed by atoms with Gasteiger partial charge in [-0.15, -0.1) is 0 Å². The quantitative estimate of drug-likeness (QED) is 0.0674. The van der Waals surface area contributed by atoms with E-state index in [1.165, 1.54) is 0 Å². The Labute approximate surface area is 289 Å². The Morgan fingerprint density at radius 1 is 0.370 bits per heavy atom. The average molecular weight is 732 g/mol. The van der Waals surface area contributed by atoms with Crippen molar-refractivity contribution >= 4 is 29.8 Å². The first kappa shape index (κ1) is 44.0. The summed E-state index contributed by atoms with van der Waals surface area (Å²) < 4.78 is 26.8. The maximum absolute atomic E-state index is 13.4. The molecule has 0 aliphatic heterocycles. The number of ether oxygens (including phenoxy) is 5. The Balaban J connectivity index is 0.00000305. The largest absolute Gasteiger partial charge is 2.00 e. The monoisotopic (exact) mass is 732 g/mol. The van der Waals surface area contributed by atoms with Crippen LogP contribution in [0.1, 0.15) is 98.8 Å². The van der Waals surface area contributed by atoms with Crippen LogP contribution in [0.5, 0.6) is 0 Å². The number of esters is 5. The number of rotatable bonds is 20. The fourth-order valence-electron chi connectivity index (χ4n) is 3.87. The second kappa shape index (κ2) is 27.0. The summed E-state index contributed by atoms with van der Waals surface area (Å²) in [7, 11) is 0. The molecule has 2 aliphatic carbocycles. The van der Waals surface area contributed by atoms with Gasteiger partial charge in [-0.2, -0.15) is 0 Å². The van der Waals surface area contributed by atoms with E-state index in [9.17, 15) is 24.0 Å². The van der Waals surface area contributed by atoms with E-state index in [1.54, 1.807) is 0 Å². The molecule has 0 aromatic heterocycles. The van der Waals surface area contributed by atoms with E-state index in [1.807, 2.05) is 66.7 Å². The van der Waals surface area contributed by atoms with Gasteiger partial charge in [-0.1, -0.05) is 66.7 Å². The normalized spacial score (nSPS) is 15.8. The van der Waals surface area contributed by atoms with Crippen LogP contribution in [0.25, 0.3) is 0 Å². The van der Waals surface area contributed by atoms with Crippen molar-refractivity contribution in [2.45, 2.75) is 98.8 Å². The van der Waals surface area contributed by atoms with Crippen LogP contribution in [-0.2, 0) is 67.1 Å². The van der Waals surface area contributed by atoms with E-state index in [0.29, 0.717) is 32.1 Å². The molecular formula is C35H50O10Ru+2. The first-order chi connectivity index (χ1) is 21.8. The molecule has 0 atom stereocenters. The van der Waals surface area contributed by atoms with Crippen LogP contribution < -0.4 is 0 Å². The number of carbonyl (C=O) groups excluding carboxylic acids is 5. The van der Waals surface area contributed by atoms with Crippen LogP contribution in [0.2, 0.25) is 0 Å². The fourth-order valence-corrected chi connectivity index (χ4v) is 3.87. The molecule has 2 aliphatic rings. The maximum atomic E-state index is 13.4. The first-order valence-electron chi connectivity index (χ1n) is 16.2. The van der Waals surface area contributed by atoms with E-state index in [0.717, 1.165) is 32.1 Å². The van der Waals surface area contributed by atoms with Gasteiger partial charge in [-0.05, 0) is 64.2 Å². The van der Waals surface area contributed by atoms with Gasteiger partial charge in [0.2, 0.25) is 0 Å². The molecule has 2 fully saturated rings. The Hall–Kier alpha value is -2.03. The molecule has 0 saturated heterocycles. The van der Waals surface area contributed by atoms with Gasteiger partial charge < -0.3 is 23.7 Å². The molecule has 0 heterocycles. The van der Waals surface area contributed by atoms with Crippen LogP contribution in [0.3, 0.4) is 0 Å². The first-order valence-corrected chi connectivity index (χ1v) is 16.2. The average Bonchev–Trinajstić information content (AvgIpc) is 3.72. The molecule has 256 valence electrons. The summed E-state index contributed by atoms with van der Waals surface area (Å²) in [6.45, 7) is 9.51. The Morgan fingerprint density at radius 3 is 0.652 bits per heavy atom. The summed E-state index contributed by atoms with van der Waals surface area (Å²) in [4.78, 5) is 67.1. The summed E-state index contributed by atoms with van der Waals surface area (Å²) in [5, 5.41) is 0. The predicted molar refractivity (Wildman–Crippen MR) is 167 cm³/mol. The molecule has 0 aromatic rings. The standard InChI is InChI=1S/C30H45O10.C5H5.Ru/c1-6-11-16-36-26(31)21-22(27(32)37-17-12-7-2)24(29(34)39-19-14-9-4)25(30(35)40-20-15-10-5)23(21)28(33)38-18-13-8-3;1-2-4-5-3-1;/h6-20H2,1-5H3;1-5H;/q;;+2. The molecule has 0 spiro atoms. The fraction of sp³-hybridized carbons (Fsp3) is 0.571. The number of hydrogen-bond acceptors (Lipinski definition) is 10. The molecule has 0 N–H and O–H groups in total. The van der Waals surface area contributed by atoms with Gasteiger partial charge in [0.15, 0.2) is 0 Å². The van der Waals surface area contributed by atoms with Gasteiger partial charge >= 0.3 is 49.3 Å². The smallest absolute Gasteiger partial charge is 0.465 e. The number of unbranched alkanes of at least 4 members (excludes halogenated alkanes) is 5. The predicted octanol–water partition coefficient (Wildman–Crippen LogP) is 5.61. The Morgan fingerprint density at radius 2 is 0.522 bits per heavy atom. The Bertz CT molecular complexity index is 707. The second-order valence-corrected chi connectivity index (χ2v) is 10.3. The molecule has 46 heavy (non-hydrogen) atoms. The summed E-state index contributed by atoms with van der Waals surface area (Å²) in [5.41, 5.74) is 0. The topological polar surface area (TPSA) is 132 Å². The van der Waals surface area contributed by atoms with Crippen LogP contribution in [-0.4, -0.2) is 62.9 Å². The zero-order valence-corrected chi connectivity index (χ0v) is 29.7. The van der Waals surface area contributed by atoms with Crippen LogP contribution >= 0.6 is 0 Å². The van der Waals surface area contributed by atoms with Crippen molar-refractivity contribution in [2.24, 2.45) is 0 Å². The van der Waals surface area contributed by atoms with Gasteiger partial charge in [-0.3, -0.25) is 24.0 Å². The molecule has 11 heteroatoms. The molecule has 10 radical (unpaired) electrons. The van der Waals surface area contributed by atoms with E-state index >= 15 is 0 Å². The maximum Gasteiger partial charge on any atom is 2.00 e. The van der Waals surface area contributed by atoms with Gasteiger partial charge in [-0.25, -0.2) is 0 Å². The summed E-state index contributed by atoms with van der Waals surface area (Å²) in [6.07, 6.45) is 16.2. The zero-order valence-electron chi connectivity index (χ0n) is 27.9. The minimum Gasteiger partial charge on any atom is -0.465 e. The van der Waals surface area contributed by atoms with Crippen molar-refractivity contribution in [1.29, 1.82) is 0 Å². The second-order valence-electron chi connectivity index (χ2n) is 10.3. The minimum atomic E-state index is -1.05. The van der Waals surface area contributed by atoms with E-state index in [2.05, 4.69) is 0 Å². The van der Waals surface area contributed by atoms with Crippen molar-refractivity contribution in [3.8, 4) is 0 Å². The van der Waals surface area contributed by atoms with Crippen molar-refractivity contribution in [2.75, 3.05) is 33.0 Å². The SMILES string of the molecule is CCCCOC(=O)[C]1[C](C(=O)OCCCC)[C](C(=O)OCCCC)[C](C(=O)OCCCC)[C]1C(=O)OCCCC.[CH]1[CH][CH][CH][CH]1.[Ru+2]. The minimum absolute atomic E-state index is 0. The summed E-state index contributed by atoms with van der Waals surface area (Å²) in [6, 6.07) is 0. The van der Waals surface area contributed by atoms with Crippen LogP contribution in [0.4, 0.5) is 0 Å². The molecule has 0 unspecified atom stereocenters. The van der Waals surface area contributed by atoms with Crippen LogP contribution in [0, 0.1) is 61.7 Å². The van der Waals surface area contributed by atoms with Crippen molar-refractivity contribution in [3.63, 3.8) is 0 Å². The number of carbonyl (C=O) groups is 5. The molecule has 10 nitrogen and oxygen atoms in total. The molecule has 0 aromatic carbocycles. The molecule has 0 amide bonds. The van der Waals surface area contributed by atoms with Gasteiger partial charge in [0.25, 0.3) is 0 Å². The van der Waals surface area contributed by atoms with E-state index in [4.69, 9.17) is 23.7 Å². The van der Waals surface area contributed by atoms with Gasteiger partial charge in [0, 0.05) is 0 Å². The zero-order chi connectivity index (χ0) is 33.5. The molecule has 2 saturated carbocycles. The third-order valence-corrected chi connectivity index (χ3v) is 6.48. The van der Waals surface area contributed by atoms with Gasteiger partial charge in [0.05, 0.1) is 33.0 Å². The summed E-state index contributed by atoms with van der Waals surface area (Å²) in [5.74, 6) is -8.00. The molecule has 2 rings (SSSR count). The molecular weight excluding hydrogens is 681 g/mol. The molecule has 0 bridgehead atoms. The van der Waals surface area contributed by atoms with Crippen LogP contribution in [0.15, 0.2) is 0 Å². The van der Waals surface area contributed by atoms with E-state index < -0.39 is 59.4 Å².